The summed E-state index contributed by atoms with van der Waals surface area (Å²) in [7, 11) is 1.71. The maximum absolute atomic E-state index is 12.7. The number of methoxy groups -OCH3 is 1. The average Bonchev–Trinajstić information content (AvgIpc) is 3.42. The van der Waals surface area contributed by atoms with Crippen LogP contribution in [0.15, 0.2) is 59.3 Å². The van der Waals surface area contributed by atoms with Gasteiger partial charge in [-0.2, -0.15) is 11.3 Å². The molecule has 1 amide bonds. The van der Waals surface area contributed by atoms with Crippen LogP contribution < -0.4 is 15.4 Å². The summed E-state index contributed by atoms with van der Waals surface area (Å²) in [4.78, 5) is 15.3. The van der Waals surface area contributed by atoms with Crippen molar-refractivity contribution in [2.75, 3.05) is 26.7 Å². The number of nitrogens with zero attached hydrogens (tertiary/aromatic N) is 1. The number of aryl methyl sites for hydroxylation is 2. The predicted molar refractivity (Wildman–Crippen MR) is 149 cm³/mol. The Morgan fingerprint density at radius 2 is 1.75 bits per heavy atom. The van der Waals surface area contributed by atoms with Crippen molar-refractivity contribution in [1.29, 1.82) is 0 Å². The van der Waals surface area contributed by atoms with E-state index in [-0.39, 0.29) is 11.9 Å². The molecule has 5 nitrogen and oxygen atoms in total. The van der Waals surface area contributed by atoms with Gasteiger partial charge in [-0.15, -0.1) is 0 Å². The fraction of sp³-hybridized carbons (Fsp3) is 0.433. The van der Waals surface area contributed by atoms with E-state index in [4.69, 9.17) is 4.74 Å². The standard InChI is InChI=1S/C30H39N3O2S/c1-21-6-5-7-22(2)28(21)30(34)31-16-12-23(3)33-17-13-26(14-18-33)32-29(25-15-19-36-20-25)24-8-10-27(35-4)11-9-24/h5-11,15,19-20,23,26,29,32H,12-14,16-18H2,1-4H3,(H,31,34)/t23-,29?/m1/s1. The van der Waals surface area contributed by atoms with Crippen LogP contribution in [0.25, 0.3) is 0 Å². The summed E-state index contributed by atoms with van der Waals surface area (Å²) in [6.45, 7) is 9.12. The number of nitrogens with one attached hydrogen (secondary N) is 2. The van der Waals surface area contributed by atoms with Crippen molar-refractivity contribution in [3.05, 3.63) is 87.1 Å². The lowest BCUT2D eigenvalue weighted by Crippen LogP contribution is -2.47. The molecule has 1 aliphatic heterocycles. The molecule has 6 heteroatoms. The van der Waals surface area contributed by atoms with Crippen molar-refractivity contribution in [2.45, 2.75) is 58.2 Å². The highest BCUT2D eigenvalue weighted by molar-refractivity contribution is 7.08. The molecular weight excluding hydrogens is 466 g/mol. The monoisotopic (exact) mass is 505 g/mol. The molecule has 0 bridgehead atoms. The molecule has 2 aromatic carbocycles. The van der Waals surface area contributed by atoms with Crippen LogP contribution >= 0.6 is 11.3 Å². The number of hydrogen-bond acceptors (Lipinski definition) is 5. The third-order valence-corrected chi connectivity index (χ3v) is 8.14. The fourth-order valence-electron chi connectivity index (χ4n) is 5.20. The molecule has 3 aromatic rings. The molecule has 0 radical (unpaired) electrons. The van der Waals surface area contributed by atoms with Crippen LogP contribution in [0.3, 0.4) is 0 Å². The van der Waals surface area contributed by atoms with Gasteiger partial charge >= 0.3 is 0 Å². The number of likely N-dealkylation sites (tertiary alicyclic amines) is 1. The number of benzene rings is 2. The van der Waals surface area contributed by atoms with Gasteiger partial charge in [-0.05, 0) is 104 Å². The molecule has 4 rings (SSSR count). The molecule has 2 atom stereocenters. The molecule has 1 aromatic heterocycles. The Balaban J connectivity index is 1.27. The van der Waals surface area contributed by atoms with Crippen molar-refractivity contribution in [1.82, 2.24) is 15.5 Å². The number of thiophene rings is 1. The summed E-state index contributed by atoms with van der Waals surface area (Å²) >= 11 is 1.74. The Labute approximate surface area is 219 Å². The van der Waals surface area contributed by atoms with Gasteiger partial charge in [0.25, 0.3) is 5.91 Å². The first-order valence-electron chi connectivity index (χ1n) is 13.0. The minimum absolute atomic E-state index is 0.0405. The summed E-state index contributed by atoms with van der Waals surface area (Å²) in [5.41, 5.74) is 5.47. The molecule has 0 aliphatic carbocycles. The van der Waals surface area contributed by atoms with Gasteiger partial charge in [0.05, 0.1) is 13.2 Å². The van der Waals surface area contributed by atoms with Gasteiger partial charge < -0.3 is 20.3 Å². The molecule has 1 aliphatic rings. The first-order chi connectivity index (χ1) is 17.5. The topological polar surface area (TPSA) is 53.6 Å². The summed E-state index contributed by atoms with van der Waals surface area (Å²) in [6, 6.07) is 17.7. The van der Waals surface area contributed by atoms with E-state index in [9.17, 15) is 4.79 Å². The van der Waals surface area contributed by atoms with Crippen molar-refractivity contribution >= 4 is 17.2 Å². The van der Waals surface area contributed by atoms with Gasteiger partial charge in [-0.3, -0.25) is 4.79 Å². The summed E-state index contributed by atoms with van der Waals surface area (Å²) < 4.78 is 5.35. The minimum atomic E-state index is 0.0405. The molecule has 0 spiro atoms. The second-order valence-electron chi connectivity index (χ2n) is 9.90. The molecule has 1 fully saturated rings. The van der Waals surface area contributed by atoms with E-state index in [0.717, 1.165) is 54.8 Å². The molecule has 2 heterocycles. The zero-order valence-corrected chi connectivity index (χ0v) is 22.7. The molecular formula is C30H39N3O2S. The van der Waals surface area contributed by atoms with E-state index in [1.165, 1.54) is 11.1 Å². The molecule has 36 heavy (non-hydrogen) atoms. The molecule has 192 valence electrons. The number of carbonyl (C=O) groups excluding carboxylic acids is 1. The van der Waals surface area contributed by atoms with E-state index in [2.05, 4.69) is 51.4 Å². The second-order valence-corrected chi connectivity index (χ2v) is 10.7. The highest BCUT2D eigenvalue weighted by Gasteiger charge is 2.26. The number of rotatable bonds is 10. The van der Waals surface area contributed by atoms with Crippen LogP contribution in [-0.4, -0.2) is 49.6 Å². The van der Waals surface area contributed by atoms with E-state index in [1.807, 2.05) is 44.2 Å². The number of amides is 1. The van der Waals surface area contributed by atoms with Crippen LogP contribution in [0.4, 0.5) is 0 Å². The normalized spacial score (nSPS) is 16.4. The lowest BCUT2D eigenvalue weighted by atomic mass is 9.96. The van der Waals surface area contributed by atoms with E-state index < -0.39 is 0 Å². The van der Waals surface area contributed by atoms with Gasteiger partial charge in [0.2, 0.25) is 0 Å². The highest BCUT2D eigenvalue weighted by Crippen LogP contribution is 2.28. The first-order valence-corrected chi connectivity index (χ1v) is 13.9. The average molecular weight is 506 g/mol. The zero-order chi connectivity index (χ0) is 25.5. The molecule has 1 saturated heterocycles. The smallest absolute Gasteiger partial charge is 0.251 e. The van der Waals surface area contributed by atoms with Crippen LogP contribution in [-0.2, 0) is 0 Å². The van der Waals surface area contributed by atoms with Crippen molar-refractivity contribution in [3.63, 3.8) is 0 Å². The Kier molecular flexibility index (Phi) is 9.19. The van der Waals surface area contributed by atoms with Gasteiger partial charge in [-0.25, -0.2) is 0 Å². The number of carbonyl (C=O) groups is 1. The maximum Gasteiger partial charge on any atom is 0.251 e. The Morgan fingerprint density at radius 3 is 2.36 bits per heavy atom. The Morgan fingerprint density at radius 1 is 1.06 bits per heavy atom. The first kappa shape index (κ1) is 26.4. The summed E-state index contributed by atoms with van der Waals surface area (Å²) in [5.74, 6) is 0.925. The summed E-state index contributed by atoms with van der Waals surface area (Å²) in [6.07, 6.45) is 3.20. The number of ether oxygens (including phenoxy) is 1. The molecule has 2 N–H and O–H groups in total. The van der Waals surface area contributed by atoms with Gasteiger partial charge in [-0.1, -0.05) is 30.3 Å². The lowest BCUT2D eigenvalue weighted by molar-refractivity contribution is 0.0943. The number of hydrogen-bond donors (Lipinski definition) is 2. The van der Waals surface area contributed by atoms with Gasteiger partial charge in [0.1, 0.15) is 5.75 Å². The fourth-order valence-corrected chi connectivity index (χ4v) is 5.89. The largest absolute Gasteiger partial charge is 0.497 e. The Bertz CT molecular complexity index is 1090. The van der Waals surface area contributed by atoms with Crippen LogP contribution in [0, 0.1) is 13.8 Å². The minimum Gasteiger partial charge on any atom is -0.497 e. The van der Waals surface area contributed by atoms with Crippen LogP contribution in [0.1, 0.15) is 64.8 Å². The van der Waals surface area contributed by atoms with Gasteiger partial charge in [0, 0.05) is 24.2 Å². The Hall–Kier alpha value is -2.67. The second kappa shape index (κ2) is 12.5. The van der Waals surface area contributed by atoms with Crippen molar-refractivity contribution in [3.8, 4) is 5.75 Å². The van der Waals surface area contributed by atoms with Crippen molar-refractivity contribution in [2.24, 2.45) is 0 Å². The quantitative estimate of drug-likeness (QED) is 0.370. The van der Waals surface area contributed by atoms with Gasteiger partial charge in [0.15, 0.2) is 0 Å². The third kappa shape index (κ3) is 6.55. The SMILES string of the molecule is COc1ccc(C(NC2CCN([C@H](C)CCNC(=O)c3c(C)cccc3C)CC2)c2ccsc2)cc1. The molecule has 1 unspecified atom stereocenters. The van der Waals surface area contributed by atoms with E-state index in [1.54, 1.807) is 18.4 Å². The van der Waals surface area contributed by atoms with E-state index >= 15 is 0 Å². The van der Waals surface area contributed by atoms with Crippen LogP contribution in [0.5, 0.6) is 5.75 Å². The molecule has 0 saturated carbocycles. The lowest BCUT2D eigenvalue weighted by Gasteiger charge is -2.38. The van der Waals surface area contributed by atoms with Crippen LogP contribution in [0.2, 0.25) is 0 Å². The van der Waals surface area contributed by atoms with Crippen molar-refractivity contribution < 1.29 is 9.53 Å². The number of piperidine rings is 1. The zero-order valence-electron chi connectivity index (χ0n) is 21.9. The maximum atomic E-state index is 12.7. The predicted octanol–water partition coefficient (Wildman–Crippen LogP) is 5.73. The van der Waals surface area contributed by atoms with E-state index in [0.29, 0.717) is 18.6 Å². The third-order valence-electron chi connectivity index (χ3n) is 7.44. The summed E-state index contributed by atoms with van der Waals surface area (Å²) in [5, 5.41) is 11.5. The highest BCUT2D eigenvalue weighted by atomic mass is 32.1.